The van der Waals surface area contributed by atoms with Crippen molar-refractivity contribution < 1.29 is 9.84 Å². The van der Waals surface area contributed by atoms with Crippen LogP contribution in [0.15, 0.2) is 61.1 Å². The lowest BCUT2D eigenvalue weighted by atomic mass is 10.0. The minimum absolute atomic E-state index is 0.0161. The fourth-order valence-electron chi connectivity index (χ4n) is 3.02. The van der Waals surface area contributed by atoms with Crippen LogP contribution in [0, 0.1) is 0 Å². The number of ether oxygens (including phenoxy) is 1. The molecule has 2 N–H and O–H groups in total. The van der Waals surface area contributed by atoms with Crippen molar-refractivity contribution in [3.8, 4) is 28.4 Å². The summed E-state index contributed by atoms with van der Waals surface area (Å²) in [6, 6.07) is 13.6. The quantitative estimate of drug-likeness (QED) is 0.536. The summed E-state index contributed by atoms with van der Waals surface area (Å²) in [6.45, 7) is 0.420. The van der Waals surface area contributed by atoms with Crippen molar-refractivity contribution in [3.05, 3.63) is 61.1 Å². The van der Waals surface area contributed by atoms with Crippen molar-refractivity contribution in [2.45, 2.75) is 0 Å². The van der Waals surface area contributed by atoms with Gasteiger partial charge in [-0.25, -0.2) is 15.0 Å². The number of pyridine rings is 2. The molecule has 4 aromatic rings. The third kappa shape index (κ3) is 3.47. The lowest BCUT2D eigenvalue weighted by Crippen LogP contribution is -2.08. The molecule has 0 aliphatic heterocycles. The number of anilines is 1. The average Bonchev–Trinajstić information content (AvgIpc) is 2.77. The normalized spacial score (nSPS) is 10.8. The van der Waals surface area contributed by atoms with Gasteiger partial charge >= 0.3 is 0 Å². The second kappa shape index (κ2) is 7.98. The second-order valence-electron chi connectivity index (χ2n) is 6.08. The molecule has 0 atom stereocenters. The third-order valence-electron chi connectivity index (χ3n) is 4.30. The van der Waals surface area contributed by atoms with Crippen LogP contribution in [0.5, 0.6) is 5.88 Å². The Kier molecular flexibility index (Phi) is 5.07. The highest BCUT2D eigenvalue weighted by Crippen LogP contribution is 2.31. The van der Waals surface area contributed by atoms with Crippen LogP contribution in [-0.2, 0) is 0 Å². The van der Waals surface area contributed by atoms with E-state index in [0.717, 1.165) is 27.6 Å². The van der Waals surface area contributed by atoms with Gasteiger partial charge in [-0.1, -0.05) is 18.2 Å². The van der Waals surface area contributed by atoms with Gasteiger partial charge in [-0.15, -0.1) is 0 Å². The van der Waals surface area contributed by atoms with Crippen molar-refractivity contribution in [2.75, 3.05) is 25.6 Å². The number of fused-ring (bicyclic) bond motifs is 1. The molecule has 140 valence electrons. The van der Waals surface area contributed by atoms with E-state index < -0.39 is 0 Å². The number of hydrogen-bond acceptors (Lipinski definition) is 7. The monoisotopic (exact) mass is 373 g/mol. The molecule has 4 rings (SSSR count). The predicted octanol–water partition coefficient (Wildman–Crippen LogP) is 3.17. The predicted molar refractivity (Wildman–Crippen MR) is 108 cm³/mol. The number of aliphatic hydroxyl groups excluding tert-OH is 1. The summed E-state index contributed by atoms with van der Waals surface area (Å²) in [5.74, 6) is 1.81. The molecule has 3 aromatic heterocycles. The zero-order valence-electron chi connectivity index (χ0n) is 15.3. The summed E-state index contributed by atoms with van der Waals surface area (Å²) in [4.78, 5) is 17.8. The molecular weight excluding hydrogens is 354 g/mol. The molecular formula is C21H19N5O2. The third-order valence-corrected chi connectivity index (χ3v) is 4.30. The molecule has 0 unspecified atom stereocenters. The lowest BCUT2D eigenvalue weighted by molar-refractivity contribution is 0.311. The van der Waals surface area contributed by atoms with Gasteiger partial charge in [-0.05, 0) is 29.8 Å². The Labute approximate surface area is 162 Å². The minimum Gasteiger partial charge on any atom is -0.481 e. The molecule has 0 bridgehead atoms. The van der Waals surface area contributed by atoms with E-state index in [1.165, 1.54) is 0 Å². The van der Waals surface area contributed by atoms with Crippen molar-refractivity contribution >= 4 is 16.7 Å². The molecule has 0 radical (unpaired) electrons. The zero-order valence-corrected chi connectivity index (χ0v) is 15.3. The molecule has 0 amide bonds. The fourth-order valence-corrected chi connectivity index (χ4v) is 3.02. The maximum atomic E-state index is 9.16. The molecule has 0 saturated carbocycles. The van der Waals surface area contributed by atoms with Crippen LogP contribution in [0.25, 0.3) is 33.4 Å². The van der Waals surface area contributed by atoms with Crippen molar-refractivity contribution in [3.63, 3.8) is 0 Å². The van der Waals surface area contributed by atoms with Gasteiger partial charge in [0.1, 0.15) is 5.82 Å². The van der Waals surface area contributed by atoms with Crippen LogP contribution in [0.2, 0.25) is 0 Å². The number of aromatic nitrogens is 4. The van der Waals surface area contributed by atoms with E-state index in [4.69, 9.17) is 9.84 Å². The number of benzene rings is 1. The van der Waals surface area contributed by atoms with E-state index in [0.29, 0.717) is 24.1 Å². The van der Waals surface area contributed by atoms with Gasteiger partial charge < -0.3 is 15.2 Å². The molecule has 1 aromatic carbocycles. The fraction of sp³-hybridized carbons (Fsp3) is 0.143. The summed E-state index contributed by atoms with van der Waals surface area (Å²) in [5, 5.41) is 13.2. The summed E-state index contributed by atoms with van der Waals surface area (Å²) in [6.07, 6.45) is 5.11. The molecule has 0 aliphatic carbocycles. The molecule has 0 fully saturated rings. The Hall–Kier alpha value is -3.58. The summed E-state index contributed by atoms with van der Waals surface area (Å²) < 4.78 is 5.38. The number of nitrogens with one attached hydrogen (secondary N) is 1. The molecule has 0 saturated heterocycles. The number of methoxy groups -OCH3 is 1. The van der Waals surface area contributed by atoms with E-state index in [2.05, 4.69) is 25.3 Å². The zero-order chi connectivity index (χ0) is 19.3. The highest BCUT2D eigenvalue weighted by atomic mass is 16.5. The van der Waals surface area contributed by atoms with Gasteiger partial charge in [-0.2, -0.15) is 0 Å². The molecule has 0 aliphatic rings. The van der Waals surface area contributed by atoms with Crippen LogP contribution in [0.4, 0.5) is 5.82 Å². The molecule has 7 heteroatoms. The first-order chi connectivity index (χ1) is 13.8. The maximum absolute atomic E-state index is 9.16. The Balaban J connectivity index is 1.82. The molecule has 7 nitrogen and oxygen atoms in total. The number of hydrogen-bond donors (Lipinski definition) is 2. The maximum Gasteiger partial charge on any atom is 0.221 e. The first kappa shape index (κ1) is 17.8. The van der Waals surface area contributed by atoms with Crippen molar-refractivity contribution in [1.82, 2.24) is 19.9 Å². The average molecular weight is 373 g/mol. The standard InChI is InChI=1S/C21H19N5O2/c1-28-21-16(6-3-8-24-21)14-4-2-5-15(12-14)19-25-18-13-22-9-7-17(18)20(26-19)23-10-11-27/h2-9,12-13,27H,10-11H2,1H3,(H,23,25,26). The first-order valence-corrected chi connectivity index (χ1v) is 8.86. The van der Waals surface area contributed by atoms with E-state index in [9.17, 15) is 0 Å². The van der Waals surface area contributed by atoms with E-state index in [1.54, 1.807) is 25.7 Å². The van der Waals surface area contributed by atoms with Gasteiger partial charge in [0.2, 0.25) is 5.88 Å². The highest BCUT2D eigenvalue weighted by Gasteiger charge is 2.12. The Morgan fingerprint density at radius 2 is 1.93 bits per heavy atom. The Bertz CT molecular complexity index is 1120. The largest absolute Gasteiger partial charge is 0.481 e. The van der Waals surface area contributed by atoms with Gasteiger partial charge in [0.15, 0.2) is 5.82 Å². The highest BCUT2D eigenvalue weighted by molar-refractivity contribution is 5.90. The smallest absolute Gasteiger partial charge is 0.221 e. The number of aliphatic hydroxyl groups is 1. The Morgan fingerprint density at radius 1 is 1.04 bits per heavy atom. The van der Waals surface area contributed by atoms with E-state index in [-0.39, 0.29) is 6.61 Å². The molecule has 3 heterocycles. The number of rotatable bonds is 6. The van der Waals surface area contributed by atoms with Crippen LogP contribution in [0.3, 0.4) is 0 Å². The van der Waals surface area contributed by atoms with E-state index in [1.807, 2.05) is 42.5 Å². The van der Waals surface area contributed by atoms with Crippen LogP contribution in [-0.4, -0.2) is 45.3 Å². The Morgan fingerprint density at radius 3 is 2.79 bits per heavy atom. The van der Waals surface area contributed by atoms with Crippen LogP contribution >= 0.6 is 0 Å². The second-order valence-corrected chi connectivity index (χ2v) is 6.08. The molecule has 0 spiro atoms. The summed E-state index contributed by atoms with van der Waals surface area (Å²) >= 11 is 0. The topological polar surface area (TPSA) is 93.1 Å². The van der Waals surface area contributed by atoms with Crippen molar-refractivity contribution in [1.29, 1.82) is 0 Å². The summed E-state index contributed by atoms with van der Waals surface area (Å²) in [5.41, 5.74) is 3.45. The lowest BCUT2D eigenvalue weighted by Gasteiger charge is -2.11. The van der Waals surface area contributed by atoms with Gasteiger partial charge in [0.25, 0.3) is 0 Å². The molecule has 28 heavy (non-hydrogen) atoms. The summed E-state index contributed by atoms with van der Waals surface area (Å²) in [7, 11) is 1.61. The van der Waals surface area contributed by atoms with Gasteiger partial charge in [0.05, 0.1) is 25.4 Å². The van der Waals surface area contributed by atoms with E-state index >= 15 is 0 Å². The van der Waals surface area contributed by atoms with Gasteiger partial charge in [0, 0.05) is 35.5 Å². The van der Waals surface area contributed by atoms with Crippen LogP contribution in [0.1, 0.15) is 0 Å². The minimum atomic E-state index is 0.0161. The first-order valence-electron chi connectivity index (χ1n) is 8.86. The van der Waals surface area contributed by atoms with Crippen LogP contribution < -0.4 is 10.1 Å². The number of nitrogens with zero attached hydrogens (tertiary/aromatic N) is 4. The van der Waals surface area contributed by atoms with Crippen molar-refractivity contribution in [2.24, 2.45) is 0 Å². The van der Waals surface area contributed by atoms with Gasteiger partial charge in [-0.3, -0.25) is 4.98 Å². The SMILES string of the molecule is COc1ncccc1-c1cccc(-c2nc(NCCO)c3ccncc3n2)c1.